The third kappa shape index (κ3) is 5.91. The smallest absolute Gasteiger partial charge is 0.366 e. The van der Waals surface area contributed by atoms with Crippen molar-refractivity contribution in [2.75, 3.05) is 11.5 Å². The van der Waals surface area contributed by atoms with Crippen molar-refractivity contribution in [3.8, 4) is 0 Å². The third-order valence-electron chi connectivity index (χ3n) is 3.42. The zero-order valence-corrected chi connectivity index (χ0v) is 13.7. The molecule has 1 amide bonds. The van der Waals surface area contributed by atoms with E-state index in [-0.39, 0.29) is 6.42 Å². The van der Waals surface area contributed by atoms with E-state index in [0.717, 1.165) is 18.2 Å². The number of amides is 1. The van der Waals surface area contributed by atoms with Gasteiger partial charge in [-0.1, -0.05) is 19.1 Å². The van der Waals surface area contributed by atoms with Crippen LogP contribution in [0.2, 0.25) is 0 Å². The largest absolute Gasteiger partial charge is 0.417 e. The van der Waals surface area contributed by atoms with Gasteiger partial charge in [-0.3, -0.25) is 4.79 Å². The molecule has 1 aromatic carbocycles. The molecule has 25 heavy (non-hydrogen) atoms. The number of carbonyl (C=O) groups is 1. The van der Waals surface area contributed by atoms with Gasteiger partial charge in [0.15, 0.2) is 9.84 Å². The minimum absolute atomic E-state index is 0.178. The molecule has 11 heteroatoms. The predicted octanol–water partition coefficient (Wildman–Crippen LogP) is 3.28. The highest BCUT2D eigenvalue weighted by molar-refractivity contribution is 7.91. The van der Waals surface area contributed by atoms with Crippen LogP contribution in [0.4, 0.5) is 26.3 Å². The Hall–Kier alpha value is -1.78. The third-order valence-corrected chi connectivity index (χ3v) is 5.09. The molecule has 0 saturated heterocycles. The van der Waals surface area contributed by atoms with Gasteiger partial charge in [0.05, 0.1) is 16.9 Å². The number of rotatable bonds is 6. The van der Waals surface area contributed by atoms with Crippen molar-refractivity contribution in [3.63, 3.8) is 0 Å². The number of alkyl halides is 6. The van der Waals surface area contributed by atoms with Crippen molar-refractivity contribution >= 4 is 15.7 Å². The number of sulfone groups is 1. The van der Waals surface area contributed by atoms with E-state index in [2.05, 4.69) is 0 Å². The first-order valence-electron chi connectivity index (χ1n) is 6.95. The Morgan fingerprint density at radius 1 is 1.16 bits per heavy atom. The van der Waals surface area contributed by atoms with Gasteiger partial charge in [0.1, 0.15) is 5.75 Å². The van der Waals surface area contributed by atoms with Crippen molar-refractivity contribution in [3.05, 3.63) is 34.9 Å². The summed E-state index contributed by atoms with van der Waals surface area (Å²) in [7, 11) is -4.70. The lowest BCUT2D eigenvalue weighted by Crippen LogP contribution is -2.28. The summed E-state index contributed by atoms with van der Waals surface area (Å²) in [5.41, 5.74) is 2.07. The van der Waals surface area contributed by atoms with E-state index in [1.54, 1.807) is 0 Å². The van der Waals surface area contributed by atoms with Crippen molar-refractivity contribution in [2.24, 2.45) is 5.73 Å². The van der Waals surface area contributed by atoms with Crippen LogP contribution in [0.25, 0.3) is 0 Å². The molecule has 2 N–H and O–H groups in total. The first-order chi connectivity index (χ1) is 11.2. The fourth-order valence-corrected chi connectivity index (χ4v) is 4.12. The number of hydrogen-bond acceptors (Lipinski definition) is 3. The molecule has 0 aliphatic rings. The minimum atomic E-state index is -5.03. The summed E-state index contributed by atoms with van der Waals surface area (Å²) in [5, 5.41) is 0. The van der Waals surface area contributed by atoms with Gasteiger partial charge in [-0.2, -0.15) is 26.3 Å². The Balaban J connectivity index is 3.42. The molecule has 142 valence electrons. The average Bonchev–Trinajstić information content (AvgIpc) is 2.40. The molecule has 1 aromatic rings. The number of hydrogen-bond donors (Lipinski definition) is 1. The van der Waals surface area contributed by atoms with Crippen LogP contribution in [0.3, 0.4) is 0 Å². The number of halogens is 6. The molecule has 4 nitrogen and oxygen atoms in total. The van der Waals surface area contributed by atoms with Crippen LogP contribution in [-0.2, 0) is 16.0 Å². The van der Waals surface area contributed by atoms with E-state index in [1.165, 1.54) is 6.92 Å². The fourth-order valence-electron chi connectivity index (χ4n) is 2.47. The SMILES string of the molecule is CC[C@@H](CS(=O)(=O)CC(F)(F)F)c1cccc(C(N)=O)c1C(F)(F)F. The monoisotopic (exact) mass is 391 g/mol. The molecule has 0 aliphatic heterocycles. The molecule has 1 rings (SSSR count). The second-order valence-corrected chi connectivity index (χ2v) is 7.52. The van der Waals surface area contributed by atoms with Gasteiger partial charge in [0.25, 0.3) is 0 Å². The Morgan fingerprint density at radius 3 is 2.12 bits per heavy atom. The molecule has 0 spiro atoms. The first kappa shape index (κ1) is 21.3. The van der Waals surface area contributed by atoms with E-state index in [0.29, 0.717) is 0 Å². The molecule has 0 aliphatic carbocycles. The van der Waals surface area contributed by atoms with Crippen LogP contribution in [0, 0.1) is 0 Å². The number of carbonyl (C=O) groups excluding carboxylic acids is 1. The maximum Gasteiger partial charge on any atom is 0.417 e. The summed E-state index contributed by atoms with van der Waals surface area (Å²) in [6, 6.07) is 2.84. The molecule has 0 aromatic heterocycles. The first-order valence-corrected chi connectivity index (χ1v) is 8.77. The Labute approximate surface area is 139 Å². The normalized spacial score (nSPS) is 14.4. The number of primary amides is 1. The Morgan fingerprint density at radius 2 is 1.72 bits per heavy atom. The van der Waals surface area contributed by atoms with Crippen LogP contribution in [0.15, 0.2) is 18.2 Å². The average molecular weight is 391 g/mol. The van der Waals surface area contributed by atoms with Gasteiger partial charge in [-0.15, -0.1) is 0 Å². The molecular formula is C14H15F6NO3S. The summed E-state index contributed by atoms with van der Waals surface area (Å²) >= 11 is 0. The Kier molecular flexibility index (Phi) is 6.14. The standard InChI is InChI=1S/C14H15F6NO3S/c1-2-8(6-25(23,24)7-13(15,16)17)9-4-3-5-10(12(21)22)11(9)14(18,19)20/h3-5,8H,2,6-7H2,1H3,(H2,21,22)/t8-/m0/s1. The van der Waals surface area contributed by atoms with Gasteiger partial charge in [-0.25, -0.2) is 8.42 Å². The lowest BCUT2D eigenvalue weighted by molar-refractivity contribution is -0.138. The second kappa shape index (κ2) is 7.22. The molecule has 1 atom stereocenters. The topological polar surface area (TPSA) is 77.2 Å². The van der Waals surface area contributed by atoms with Crippen molar-refractivity contribution < 1.29 is 39.6 Å². The van der Waals surface area contributed by atoms with Gasteiger partial charge in [-0.05, 0) is 24.0 Å². The molecule has 0 unspecified atom stereocenters. The van der Waals surface area contributed by atoms with Gasteiger partial charge >= 0.3 is 12.4 Å². The summed E-state index contributed by atoms with van der Waals surface area (Å²) in [4.78, 5) is 11.3. The van der Waals surface area contributed by atoms with E-state index < -0.39 is 62.2 Å². The van der Waals surface area contributed by atoms with Crippen LogP contribution >= 0.6 is 0 Å². The van der Waals surface area contributed by atoms with E-state index >= 15 is 0 Å². The highest BCUT2D eigenvalue weighted by atomic mass is 32.2. The zero-order chi connectivity index (χ0) is 19.6. The lowest BCUT2D eigenvalue weighted by atomic mass is 9.90. The highest BCUT2D eigenvalue weighted by Crippen LogP contribution is 2.39. The molecule has 0 fully saturated rings. The molecule has 0 heterocycles. The molecule has 0 saturated carbocycles. The molecule has 0 radical (unpaired) electrons. The predicted molar refractivity (Wildman–Crippen MR) is 77.7 cm³/mol. The maximum absolute atomic E-state index is 13.3. The Bertz CT molecular complexity index is 740. The van der Waals surface area contributed by atoms with Gasteiger partial charge < -0.3 is 5.73 Å². The second-order valence-electron chi connectivity index (χ2n) is 5.41. The number of benzene rings is 1. The van der Waals surface area contributed by atoms with Crippen molar-refractivity contribution in [1.82, 2.24) is 0 Å². The summed E-state index contributed by atoms with van der Waals surface area (Å²) < 4.78 is 100. The van der Waals surface area contributed by atoms with Gasteiger partial charge in [0.2, 0.25) is 5.91 Å². The highest BCUT2D eigenvalue weighted by Gasteiger charge is 2.41. The lowest BCUT2D eigenvalue weighted by Gasteiger charge is -2.22. The van der Waals surface area contributed by atoms with E-state index in [4.69, 9.17) is 5.73 Å². The van der Waals surface area contributed by atoms with Crippen molar-refractivity contribution in [2.45, 2.75) is 31.6 Å². The minimum Gasteiger partial charge on any atom is -0.366 e. The molecular weight excluding hydrogens is 376 g/mol. The van der Waals surface area contributed by atoms with Crippen LogP contribution in [0.1, 0.15) is 40.7 Å². The molecule has 0 bridgehead atoms. The van der Waals surface area contributed by atoms with E-state index in [1.807, 2.05) is 0 Å². The zero-order valence-electron chi connectivity index (χ0n) is 12.9. The van der Waals surface area contributed by atoms with E-state index in [9.17, 15) is 39.6 Å². The number of nitrogens with two attached hydrogens (primary N) is 1. The summed E-state index contributed by atoms with van der Waals surface area (Å²) in [6.07, 6.45) is -10.2. The van der Waals surface area contributed by atoms with Crippen LogP contribution in [-0.4, -0.2) is 32.0 Å². The quantitative estimate of drug-likeness (QED) is 0.756. The summed E-state index contributed by atoms with van der Waals surface area (Å²) in [5.74, 6) is -6.01. The van der Waals surface area contributed by atoms with Crippen LogP contribution in [0.5, 0.6) is 0 Å². The van der Waals surface area contributed by atoms with Gasteiger partial charge in [0, 0.05) is 0 Å². The maximum atomic E-state index is 13.3. The van der Waals surface area contributed by atoms with Crippen LogP contribution < -0.4 is 5.73 Å². The summed E-state index contributed by atoms with van der Waals surface area (Å²) in [6.45, 7) is 1.34. The fraction of sp³-hybridized carbons (Fsp3) is 0.500. The van der Waals surface area contributed by atoms with Crippen molar-refractivity contribution in [1.29, 1.82) is 0 Å².